The zero-order chi connectivity index (χ0) is 21.2. The zero-order valence-corrected chi connectivity index (χ0v) is 16.7. The van der Waals surface area contributed by atoms with Gasteiger partial charge in [-0.25, -0.2) is 22.0 Å². The maximum absolute atomic E-state index is 14.1. The normalized spacial score (nSPS) is 15.2. The molecular formula is C21H20F2N2O3S. The summed E-state index contributed by atoms with van der Waals surface area (Å²) >= 11 is 0. The van der Waals surface area contributed by atoms with E-state index >= 15 is 0 Å². The fourth-order valence-electron chi connectivity index (χ4n) is 3.55. The van der Waals surface area contributed by atoms with Crippen LogP contribution in [-0.4, -0.2) is 38.1 Å². The maximum atomic E-state index is 14.1. The quantitative estimate of drug-likeness (QED) is 0.699. The number of rotatable bonds is 4. The Bertz CT molecular complexity index is 1090. The minimum atomic E-state index is -3.65. The van der Waals surface area contributed by atoms with Crippen molar-refractivity contribution in [2.45, 2.75) is 24.7 Å². The van der Waals surface area contributed by atoms with Crippen molar-refractivity contribution in [3.05, 3.63) is 59.4 Å². The number of halogens is 2. The average Bonchev–Trinajstić information content (AvgIpc) is 2.68. The molecule has 3 rings (SSSR count). The highest BCUT2D eigenvalue weighted by Gasteiger charge is 2.27. The van der Waals surface area contributed by atoms with E-state index < -0.39 is 21.5 Å². The summed E-state index contributed by atoms with van der Waals surface area (Å²) in [5.74, 6) is -1.70. The molecule has 1 amide bonds. The molecule has 0 bridgehead atoms. The Labute approximate surface area is 168 Å². The van der Waals surface area contributed by atoms with Crippen LogP contribution in [0.1, 0.15) is 19.8 Å². The SMILES string of the molecule is [C-]#[N+]c1cc(S(=O)(=O)CC2CCN(C(C)=O)CC2)ccc1-c1ccc(F)cc1F. The topological polar surface area (TPSA) is 58.8 Å². The summed E-state index contributed by atoms with van der Waals surface area (Å²) in [7, 11) is -3.65. The van der Waals surface area contributed by atoms with E-state index in [2.05, 4.69) is 4.85 Å². The predicted molar refractivity (Wildman–Crippen MR) is 105 cm³/mol. The van der Waals surface area contributed by atoms with Crippen molar-refractivity contribution < 1.29 is 22.0 Å². The molecule has 1 aliphatic rings. The second kappa shape index (κ2) is 8.29. The Morgan fingerprint density at radius 3 is 2.38 bits per heavy atom. The highest BCUT2D eigenvalue weighted by Crippen LogP contribution is 2.35. The van der Waals surface area contributed by atoms with E-state index in [4.69, 9.17) is 6.57 Å². The lowest BCUT2D eigenvalue weighted by Gasteiger charge is -2.31. The van der Waals surface area contributed by atoms with Crippen LogP contribution in [0.15, 0.2) is 41.3 Å². The van der Waals surface area contributed by atoms with Crippen LogP contribution in [-0.2, 0) is 14.6 Å². The number of nitrogens with zero attached hydrogens (tertiary/aromatic N) is 2. The molecule has 0 aromatic heterocycles. The van der Waals surface area contributed by atoms with Crippen LogP contribution in [0.3, 0.4) is 0 Å². The predicted octanol–water partition coefficient (Wildman–Crippen LogP) is 4.21. The Hall–Kier alpha value is -2.79. The van der Waals surface area contributed by atoms with Crippen molar-refractivity contribution in [2.75, 3.05) is 18.8 Å². The van der Waals surface area contributed by atoms with Crippen molar-refractivity contribution in [3.8, 4) is 11.1 Å². The standard InChI is InChI=1S/C21H20F2N2O3S/c1-14(26)25-9-7-15(8-10-25)13-29(27,28)17-4-6-19(21(12-17)24-2)18-5-3-16(22)11-20(18)23/h3-6,11-12,15H,7-10,13H2,1H3. The van der Waals surface area contributed by atoms with Gasteiger partial charge in [0.25, 0.3) is 0 Å². The van der Waals surface area contributed by atoms with E-state index in [1.54, 1.807) is 4.90 Å². The molecule has 5 nitrogen and oxygen atoms in total. The molecule has 0 aliphatic carbocycles. The van der Waals surface area contributed by atoms with E-state index in [1.807, 2.05) is 0 Å². The fourth-order valence-corrected chi connectivity index (χ4v) is 5.27. The van der Waals surface area contributed by atoms with Gasteiger partial charge in [-0.15, -0.1) is 0 Å². The minimum absolute atomic E-state index is 0.00349. The number of sulfone groups is 1. The lowest BCUT2D eigenvalue weighted by Crippen LogP contribution is -2.38. The van der Waals surface area contributed by atoms with Crippen molar-refractivity contribution >= 4 is 21.4 Å². The highest BCUT2D eigenvalue weighted by atomic mass is 32.2. The molecule has 0 spiro atoms. The fraction of sp³-hybridized carbons (Fsp3) is 0.333. The molecule has 0 atom stereocenters. The van der Waals surface area contributed by atoms with Gasteiger partial charge in [0, 0.05) is 31.6 Å². The monoisotopic (exact) mass is 418 g/mol. The Balaban J connectivity index is 1.84. The number of amides is 1. The number of carbonyl (C=O) groups excluding carboxylic acids is 1. The van der Waals surface area contributed by atoms with Crippen molar-refractivity contribution in [1.29, 1.82) is 0 Å². The molecule has 1 aliphatic heterocycles. The van der Waals surface area contributed by atoms with Crippen molar-refractivity contribution in [1.82, 2.24) is 4.90 Å². The summed E-state index contributed by atoms with van der Waals surface area (Å²) in [6, 6.07) is 7.02. The maximum Gasteiger partial charge on any atom is 0.219 e. The third-order valence-corrected chi connectivity index (χ3v) is 7.07. The molecule has 29 heavy (non-hydrogen) atoms. The number of hydrogen-bond donors (Lipinski definition) is 0. The first-order valence-corrected chi connectivity index (χ1v) is 10.8. The van der Waals surface area contributed by atoms with Crippen molar-refractivity contribution in [2.24, 2.45) is 5.92 Å². The molecule has 0 radical (unpaired) electrons. The molecule has 1 saturated heterocycles. The smallest absolute Gasteiger partial charge is 0.219 e. The van der Waals surface area contributed by atoms with Gasteiger partial charge >= 0.3 is 0 Å². The van der Waals surface area contributed by atoms with Crippen LogP contribution in [0, 0.1) is 24.1 Å². The van der Waals surface area contributed by atoms with Crippen LogP contribution < -0.4 is 0 Å². The minimum Gasteiger partial charge on any atom is -0.343 e. The van der Waals surface area contributed by atoms with Crippen LogP contribution in [0.25, 0.3) is 16.0 Å². The summed E-state index contributed by atoms with van der Waals surface area (Å²) in [5, 5.41) is 0. The van der Waals surface area contributed by atoms with Crippen LogP contribution in [0.2, 0.25) is 0 Å². The van der Waals surface area contributed by atoms with Gasteiger partial charge in [-0.1, -0.05) is 6.07 Å². The van der Waals surface area contributed by atoms with E-state index in [0.29, 0.717) is 25.9 Å². The van der Waals surface area contributed by atoms with Gasteiger partial charge in [0.2, 0.25) is 5.91 Å². The van der Waals surface area contributed by atoms with Gasteiger partial charge in [-0.05, 0) is 48.6 Å². The van der Waals surface area contributed by atoms with Crippen molar-refractivity contribution in [3.63, 3.8) is 0 Å². The third-order valence-electron chi connectivity index (χ3n) is 5.19. The van der Waals surface area contributed by atoms with Gasteiger partial charge in [0.05, 0.1) is 17.2 Å². The van der Waals surface area contributed by atoms with Gasteiger partial charge in [-0.3, -0.25) is 4.79 Å². The highest BCUT2D eigenvalue weighted by molar-refractivity contribution is 7.91. The lowest BCUT2D eigenvalue weighted by atomic mass is 9.99. The first-order chi connectivity index (χ1) is 13.7. The van der Waals surface area contributed by atoms with E-state index in [-0.39, 0.29) is 39.3 Å². The average molecular weight is 418 g/mol. The van der Waals surface area contributed by atoms with Crippen LogP contribution >= 0.6 is 0 Å². The Kier molecular flexibility index (Phi) is 5.99. The van der Waals surface area contributed by atoms with Gasteiger partial charge in [0.15, 0.2) is 15.5 Å². The first kappa shape index (κ1) is 20.9. The third kappa shape index (κ3) is 4.62. The number of piperidine rings is 1. The zero-order valence-electron chi connectivity index (χ0n) is 15.9. The lowest BCUT2D eigenvalue weighted by molar-refractivity contribution is -0.130. The summed E-state index contributed by atoms with van der Waals surface area (Å²) in [6.07, 6.45) is 1.21. The second-order valence-electron chi connectivity index (χ2n) is 7.15. The Morgan fingerprint density at radius 2 is 1.79 bits per heavy atom. The summed E-state index contributed by atoms with van der Waals surface area (Å²) in [4.78, 5) is 16.5. The van der Waals surface area contributed by atoms with E-state index in [0.717, 1.165) is 12.1 Å². The first-order valence-electron chi connectivity index (χ1n) is 9.16. The number of hydrogen-bond acceptors (Lipinski definition) is 3. The van der Waals surface area contributed by atoms with E-state index in [1.165, 1.54) is 31.2 Å². The van der Waals surface area contributed by atoms with Gasteiger partial charge in [0.1, 0.15) is 11.6 Å². The molecule has 0 unspecified atom stereocenters. The molecule has 2 aromatic rings. The summed E-state index contributed by atoms with van der Waals surface area (Å²) in [6.45, 7) is 9.92. The van der Waals surface area contributed by atoms with Crippen LogP contribution in [0.5, 0.6) is 0 Å². The summed E-state index contributed by atoms with van der Waals surface area (Å²) in [5.41, 5.74) is 0.243. The molecule has 0 N–H and O–H groups in total. The Morgan fingerprint density at radius 1 is 1.14 bits per heavy atom. The molecule has 8 heteroatoms. The summed E-state index contributed by atoms with van der Waals surface area (Å²) < 4.78 is 52.9. The molecule has 2 aromatic carbocycles. The van der Waals surface area contributed by atoms with E-state index in [9.17, 15) is 22.0 Å². The molecule has 1 heterocycles. The molecule has 152 valence electrons. The van der Waals surface area contributed by atoms with Gasteiger partial charge < -0.3 is 4.90 Å². The number of likely N-dealkylation sites (tertiary alicyclic amines) is 1. The molecular weight excluding hydrogens is 398 g/mol. The molecule has 1 fully saturated rings. The van der Waals surface area contributed by atoms with Crippen LogP contribution in [0.4, 0.5) is 14.5 Å². The second-order valence-corrected chi connectivity index (χ2v) is 9.18. The number of benzene rings is 2. The molecule has 0 saturated carbocycles. The van der Waals surface area contributed by atoms with Gasteiger partial charge in [-0.2, -0.15) is 0 Å². The number of carbonyl (C=O) groups is 1. The largest absolute Gasteiger partial charge is 0.343 e.